The van der Waals surface area contributed by atoms with Gasteiger partial charge in [-0.25, -0.2) is 0 Å². The topological polar surface area (TPSA) is 61.3 Å². The van der Waals surface area contributed by atoms with Gasteiger partial charge in [0.15, 0.2) is 0 Å². The van der Waals surface area contributed by atoms with Crippen LogP contribution in [-0.4, -0.2) is 0 Å². The molecule has 4 N–H and O–H groups in total. The molecule has 0 saturated heterocycles. The molecular formula is C18H16N2O. The summed E-state index contributed by atoms with van der Waals surface area (Å²) in [5.41, 5.74) is 15.1. The van der Waals surface area contributed by atoms with Gasteiger partial charge in [-0.2, -0.15) is 0 Å². The number of para-hydroxylation sites is 1. The molecule has 0 aliphatic heterocycles. The summed E-state index contributed by atoms with van der Waals surface area (Å²) in [6, 6.07) is 23.0. The van der Waals surface area contributed by atoms with Crippen molar-refractivity contribution in [2.75, 3.05) is 11.5 Å². The molecule has 3 nitrogen and oxygen atoms in total. The maximum absolute atomic E-state index is 5.96. The van der Waals surface area contributed by atoms with Crippen LogP contribution in [0.5, 0.6) is 11.5 Å². The van der Waals surface area contributed by atoms with Crippen molar-refractivity contribution in [3.63, 3.8) is 0 Å². The van der Waals surface area contributed by atoms with E-state index in [1.54, 1.807) is 6.07 Å². The number of rotatable bonds is 3. The average Bonchev–Trinajstić information content (AvgIpc) is 2.48. The van der Waals surface area contributed by atoms with Gasteiger partial charge in [0.1, 0.15) is 11.5 Å². The number of hydrogen-bond acceptors (Lipinski definition) is 3. The molecule has 3 rings (SSSR count). The highest BCUT2D eigenvalue weighted by atomic mass is 16.5. The molecule has 3 aromatic rings. The Kier molecular flexibility index (Phi) is 3.48. The Labute approximate surface area is 123 Å². The second kappa shape index (κ2) is 5.59. The number of nitrogen functional groups attached to an aromatic ring is 2. The number of hydrogen-bond donors (Lipinski definition) is 2. The van der Waals surface area contributed by atoms with Crippen molar-refractivity contribution >= 4 is 11.4 Å². The van der Waals surface area contributed by atoms with Gasteiger partial charge in [0.2, 0.25) is 0 Å². The predicted octanol–water partition coefficient (Wildman–Crippen LogP) is 4.31. The van der Waals surface area contributed by atoms with Crippen molar-refractivity contribution in [2.24, 2.45) is 0 Å². The Hall–Kier alpha value is -2.94. The van der Waals surface area contributed by atoms with E-state index in [-0.39, 0.29) is 0 Å². The van der Waals surface area contributed by atoms with Gasteiger partial charge < -0.3 is 16.2 Å². The lowest BCUT2D eigenvalue weighted by atomic mass is 10.0. The second-order valence-corrected chi connectivity index (χ2v) is 4.80. The highest BCUT2D eigenvalue weighted by molar-refractivity contribution is 5.73. The van der Waals surface area contributed by atoms with Gasteiger partial charge in [-0.05, 0) is 35.9 Å². The molecule has 0 spiro atoms. The molecule has 3 aromatic carbocycles. The normalized spacial score (nSPS) is 10.3. The third kappa shape index (κ3) is 2.98. The first-order valence-electron chi connectivity index (χ1n) is 6.71. The standard InChI is InChI=1S/C18H16N2O/c19-14-6-3-5-13(11-14)17-9-1-2-10-18(17)21-16-8-4-7-15(20)12-16/h1-12H,19-20H2. The van der Waals surface area contributed by atoms with Gasteiger partial charge in [-0.15, -0.1) is 0 Å². The van der Waals surface area contributed by atoms with Crippen LogP contribution in [0.2, 0.25) is 0 Å². The van der Waals surface area contributed by atoms with Crippen LogP contribution in [0.4, 0.5) is 11.4 Å². The monoisotopic (exact) mass is 276 g/mol. The van der Waals surface area contributed by atoms with E-state index >= 15 is 0 Å². The van der Waals surface area contributed by atoms with Crippen molar-refractivity contribution in [2.45, 2.75) is 0 Å². The first-order valence-corrected chi connectivity index (χ1v) is 6.71. The summed E-state index contributed by atoms with van der Waals surface area (Å²) in [5.74, 6) is 1.49. The molecule has 104 valence electrons. The van der Waals surface area contributed by atoms with Gasteiger partial charge in [-0.1, -0.05) is 36.4 Å². The minimum atomic E-state index is 0.675. The summed E-state index contributed by atoms with van der Waals surface area (Å²) in [6.45, 7) is 0. The van der Waals surface area contributed by atoms with E-state index < -0.39 is 0 Å². The van der Waals surface area contributed by atoms with Gasteiger partial charge in [-0.3, -0.25) is 0 Å². The Balaban J connectivity index is 2.00. The molecule has 0 fully saturated rings. The molecule has 0 unspecified atom stereocenters. The number of nitrogens with two attached hydrogens (primary N) is 2. The van der Waals surface area contributed by atoms with Crippen LogP contribution in [0.15, 0.2) is 72.8 Å². The van der Waals surface area contributed by atoms with E-state index in [4.69, 9.17) is 16.2 Å². The van der Waals surface area contributed by atoms with Crippen molar-refractivity contribution in [1.29, 1.82) is 0 Å². The van der Waals surface area contributed by atoms with Crippen molar-refractivity contribution in [3.8, 4) is 22.6 Å². The summed E-state index contributed by atoms with van der Waals surface area (Å²) < 4.78 is 5.96. The quantitative estimate of drug-likeness (QED) is 0.701. The van der Waals surface area contributed by atoms with Crippen LogP contribution in [-0.2, 0) is 0 Å². The molecule has 0 bridgehead atoms. The number of benzene rings is 3. The molecule has 0 amide bonds. The lowest BCUT2D eigenvalue weighted by Gasteiger charge is -2.12. The zero-order chi connectivity index (χ0) is 14.7. The zero-order valence-electron chi connectivity index (χ0n) is 11.5. The van der Waals surface area contributed by atoms with Crippen LogP contribution >= 0.6 is 0 Å². The van der Waals surface area contributed by atoms with E-state index in [0.717, 1.165) is 22.6 Å². The van der Waals surface area contributed by atoms with Crippen LogP contribution in [0.25, 0.3) is 11.1 Å². The van der Waals surface area contributed by atoms with Gasteiger partial charge >= 0.3 is 0 Å². The first kappa shape index (κ1) is 13.1. The summed E-state index contributed by atoms with van der Waals surface area (Å²) in [4.78, 5) is 0. The highest BCUT2D eigenvalue weighted by Gasteiger charge is 2.07. The molecule has 0 heterocycles. The second-order valence-electron chi connectivity index (χ2n) is 4.80. The molecule has 0 aliphatic rings. The third-order valence-corrected chi connectivity index (χ3v) is 3.17. The fourth-order valence-electron chi connectivity index (χ4n) is 2.21. The smallest absolute Gasteiger partial charge is 0.135 e. The molecule has 0 saturated carbocycles. The van der Waals surface area contributed by atoms with E-state index in [9.17, 15) is 0 Å². The summed E-state index contributed by atoms with van der Waals surface area (Å²) in [6.07, 6.45) is 0. The molecule has 3 heteroatoms. The van der Waals surface area contributed by atoms with Crippen LogP contribution in [0.3, 0.4) is 0 Å². The van der Waals surface area contributed by atoms with Gasteiger partial charge in [0.05, 0.1) is 0 Å². The number of ether oxygens (including phenoxy) is 1. The molecule has 0 radical (unpaired) electrons. The number of anilines is 2. The fraction of sp³-hybridized carbons (Fsp3) is 0. The molecule has 0 aromatic heterocycles. The van der Waals surface area contributed by atoms with Gasteiger partial charge in [0, 0.05) is 23.0 Å². The zero-order valence-corrected chi connectivity index (χ0v) is 11.5. The lowest BCUT2D eigenvalue weighted by molar-refractivity contribution is 0.485. The Morgan fingerprint density at radius 2 is 1.38 bits per heavy atom. The Morgan fingerprint density at radius 1 is 0.667 bits per heavy atom. The molecule has 0 aliphatic carbocycles. The Bertz CT molecular complexity index is 768. The highest BCUT2D eigenvalue weighted by Crippen LogP contribution is 2.34. The maximum Gasteiger partial charge on any atom is 0.135 e. The minimum absolute atomic E-state index is 0.675. The van der Waals surface area contributed by atoms with Crippen LogP contribution in [0.1, 0.15) is 0 Å². The SMILES string of the molecule is Nc1cccc(Oc2ccccc2-c2cccc(N)c2)c1. The largest absolute Gasteiger partial charge is 0.457 e. The Morgan fingerprint density at radius 3 is 2.14 bits per heavy atom. The average molecular weight is 276 g/mol. The van der Waals surface area contributed by atoms with E-state index in [2.05, 4.69) is 0 Å². The van der Waals surface area contributed by atoms with Crippen LogP contribution < -0.4 is 16.2 Å². The van der Waals surface area contributed by atoms with E-state index in [1.807, 2.05) is 66.7 Å². The first-order chi connectivity index (χ1) is 10.2. The van der Waals surface area contributed by atoms with Crippen molar-refractivity contribution < 1.29 is 4.74 Å². The van der Waals surface area contributed by atoms with Crippen molar-refractivity contribution in [1.82, 2.24) is 0 Å². The summed E-state index contributed by atoms with van der Waals surface area (Å²) in [5, 5.41) is 0. The van der Waals surface area contributed by atoms with Gasteiger partial charge in [0.25, 0.3) is 0 Å². The van der Waals surface area contributed by atoms with E-state index in [1.165, 1.54) is 0 Å². The summed E-state index contributed by atoms with van der Waals surface area (Å²) in [7, 11) is 0. The molecule has 21 heavy (non-hydrogen) atoms. The third-order valence-electron chi connectivity index (χ3n) is 3.17. The van der Waals surface area contributed by atoms with E-state index in [0.29, 0.717) is 11.4 Å². The minimum Gasteiger partial charge on any atom is -0.457 e. The molecule has 0 atom stereocenters. The van der Waals surface area contributed by atoms with Crippen molar-refractivity contribution in [3.05, 3.63) is 72.8 Å². The fourth-order valence-corrected chi connectivity index (χ4v) is 2.21. The molecular weight excluding hydrogens is 260 g/mol. The summed E-state index contributed by atoms with van der Waals surface area (Å²) >= 11 is 0. The maximum atomic E-state index is 5.96. The lowest BCUT2D eigenvalue weighted by Crippen LogP contribution is -1.91. The van der Waals surface area contributed by atoms with Crippen LogP contribution in [0, 0.1) is 0 Å². The predicted molar refractivity (Wildman–Crippen MR) is 87.2 cm³/mol.